The molecule has 5 heteroatoms. The van der Waals surface area contributed by atoms with Crippen LogP contribution in [0.15, 0.2) is 53.0 Å². The van der Waals surface area contributed by atoms with Crippen molar-refractivity contribution in [3.8, 4) is 0 Å². The highest BCUT2D eigenvalue weighted by Gasteiger charge is 2.18. The van der Waals surface area contributed by atoms with Gasteiger partial charge in [0.15, 0.2) is 0 Å². The van der Waals surface area contributed by atoms with E-state index in [0.29, 0.717) is 0 Å². The fourth-order valence-corrected chi connectivity index (χ4v) is 2.43. The first-order chi connectivity index (χ1) is 9.63. The second kappa shape index (κ2) is 6.86. The minimum atomic E-state index is -0.577. The van der Waals surface area contributed by atoms with Crippen LogP contribution < -0.4 is 5.32 Å². The summed E-state index contributed by atoms with van der Waals surface area (Å²) in [6, 6.07) is 13.6. The number of nitrogens with one attached hydrogen (secondary N) is 1. The van der Waals surface area contributed by atoms with E-state index in [2.05, 4.69) is 21.2 Å². The lowest BCUT2D eigenvalue weighted by Gasteiger charge is -2.17. The first-order valence-corrected chi connectivity index (χ1v) is 7.32. The molecule has 0 saturated heterocycles. The normalized spacial score (nSPS) is 11.9. The Bertz CT molecular complexity index is 606. The molecule has 2 nitrogen and oxygen atoms in total. The lowest BCUT2D eigenvalue weighted by atomic mass is 10.1. The summed E-state index contributed by atoms with van der Waals surface area (Å²) >= 11 is 8.95. The van der Waals surface area contributed by atoms with Crippen LogP contribution in [-0.4, -0.2) is 11.8 Å². The van der Waals surface area contributed by atoms with E-state index in [1.165, 1.54) is 6.07 Å². The fourth-order valence-electron chi connectivity index (χ4n) is 1.81. The van der Waals surface area contributed by atoms with Crippen LogP contribution in [0, 0.1) is 5.82 Å². The molecule has 0 aliphatic carbocycles. The third-order valence-corrected chi connectivity index (χ3v) is 3.78. The van der Waals surface area contributed by atoms with Crippen molar-refractivity contribution in [2.75, 3.05) is 5.88 Å². The van der Waals surface area contributed by atoms with Crippen LogP contribution in [0.1, 0.15) is 22.0 Å². The van der Waals surface area contributed by atoms with E-state index >= 15 is 0 Å². The number of hydrogen-bond donors (Lipinski definition) is 1. The molecule has 0 aliphatic rings. The van der Waals surface area contributed by atoms with E-state index in [1.807, 2.05) is 30.3 Å². The molecule has 0 saturated carbocycles. The largest absolute Gasteiger partial charge is 0.344 e. The van der Waals surface area contributed by atoms with Gasteiger partial charge in [0.05, 0.1) is 16.1 Å². The average molecular weight is 357 g/mol. The number of benzene rings is 2. The molecule has 0 aliphatic heterocycles. The van der Waals surface area contributed by atoms with Gasteiger partial charge in [0.25, 0.3) is 5.91 Å². The molecule has 0 radical (unpaired) electrons. The number of alkyl halides is 1. The molecule has 0 aromatic heterocycles. The van der Waals surface area contributed by atoms with Crippen molar-refractivity contribution in [3.63, 3.8) is 0 Å². The molecular formula is C15H12BrClFNO. The molecule has 0 fully saturated rings. The third-order valence-electron chi connectivity index (χ3n) is 2.86. The maximum absolute atomic E-state index is 13.9. The van der Waals surface area contributed by atoms with Gasteiger partial charge in [0, 0.05) is 5.88 Å². The van der Waals surface area contributed by atoms with Crippen molar-refractivity contribution < 1.29 is 9.18 Å². The molecule has 0 heterocycles. The Morgan fingerprint density at radius 2 is 1.90 bits per heavy atom. The van der Waals surface area contributed by atoms with Gasteiger partial charge in [-0.3, -0.25) is 4.79 Å². The molecule has 2 aromatic rings. The van der Waals surface area contributed by atoms with E-state index in [1.54, 1.807) is 12.1 Å². The Labute approximate surface area is 130 Å². The van der Waals surface area contributed by atoms with Gasteiger partial charge >= 0.3 is 0 Å². The molecule has 2 aromatic carbocycles. The summed E-state index contributed by atoms with van der Waals surface area (Å²) < 4.78 is 14.1. The van der Waals surface area contributed by atoms with E-state index < -0.39 is 11.7 Å². The average Bonchev–Trinajstić information content (AvgIpc) is 2.48. The molecule has 1 amide bonds. The first-order valence-electron chi connectivity index (χ1n) is 5.99. The van der Waals surface area contributed by atoms with Crippen LogP contribution in [0.4, 0.5) is 4.39 Å². The smallest absolute Gasteiger partial charge is 0.254 e. The van der Waals surface area contributed by atoms with Gasteiger partial charge in [0.2, 0.25) is 0 Å². The summed E-state index contributed by atoms with van der Waals surface area (Å²) in [6.07, 6.45) is 0. The van der Waals surface area contributed by atoms with E-state index in [-0.39, 0.29) is 22.0 Å². The lowest BCUT2D eigenvalue weighted by molar-refractivity contribution is 0.0936. The number of halogens is 3. The molecule has 0 bridgehead atoms. The van der Waals surface area contributed by atoms with E-state index in [9.17, 15) is 9.18 Å². The Balaban J connectivity index is 2.20. The first kappa shape index (κ1) is 15.0. The minimum absolute atomic E-state index is 0.00887. The summed E-state index contributed by atoms with van der Waals surface area (Å²) in [5.41, 5.74) is 0.872. The summed E-state index contributed by atoms with van der Waals surface area (Å²) in [7, 11) is 0. The third kappa shape index (κ3) is 3.38. The van der Waals surface area contributed by atoms with Crippen LogP contribution in [0.2, 0.25) is 0 Å². The highest BCUT2D eigenvalue weighted by atomic mass is 79.9. The zero-order valence-corrected chi connectivity index (χ0v) is 12.8. The molecular weight excluding hydrogens is 345 g/mol. The Kier molecular flexibility index (Phi) is 5.15. The number of rotatable bonds is 4. The van der Waals surface area contributed by atoms with Gasteiger partial charge in [-0.15, -0.1) is 11.6 Å². The highest BCUT2D eigenvalue weighted by Crippen LogP contribution is 2.20. The van der Waals surface area contributed by atoms with Crippen molar-refractivity contribution in [2.24, 2.45) is 0 Å². The zero-order valence-electron chi connectivity index (χ0n) is 10.4. The van der Waals surface area contributed by atoms with Crippen molar-refractivity contribution in [3.05, 3.63) is 69.9 Å². The molecule has 1 unspecified atom stereocenters. The van der Waals surface area contributed by atoms with Gasteiger partial charge in [-0.1, -0.05) is 36.4 Å². The summed E-state index contributed by atoms with van der Waals surface area (Å²) in [5.74, 6) is -0.851. The van der Waals surface area contributed by atoms with Crippen molar-refractivity contribution in [2.45, 2.75) is 6.04 Å². The molecule has 104 valence electrons. The number of carbonyl (C=O) groups is 1. The quantitative estimate of drug-likeness (QED) is 0.813. The molecule has 2 rings (SSSR count). The lowest BCUT2D eigenvalue weighted by Crippen LogP contribution is -2.30. The second-order valence-electron chi connectivity index (χ2n) is 4.19. The number of carbonyl (C=O) groups excluding carboxylic acids is 1. The Morgan fingerprint density at radius 1 is 1.20 bits per heavy atom. The van der Waals surface area contributed by atoms with Crippen LogP contribution >= 0.6 is 27.5 Å². The Morgan fingerprint density at radius 3 is 2.55 bits per heavy atom. The van der Waals surface area contributed by atoms with Crippen LogP contribution in [0.3, 0.4) is 0 Å². The summed E-state index contributed by atoms with van der Waals surface area (Å²) in [6.45, 7) is 0. The van der Waals surface area contributed by atoms with Gasteiger partial charge in [-0.25, -0.2) is 4.39 Å². The highest BCUT2D eigenvalue weighted by molar-refractivity contribution is 9.10. The SMILES string of the molecule is O=C(NC(CCl)c1ccccc1)c1cccc(Br)c1F. The maximum Gasteiger partial charge on any atom is 0.254 e. The van der Waals surface area contributed by atoms with Crippen molar-refractivity contribution in [1.29, 1.82) is 0 Å². The fraction of sp³-hybridized carbons (Fsp3) is 0.133. The summed E-state index contributed by atoms with van der Waals surface area (Å²) in [4.78, 5) is 12.1. The van der Waals surface area contributed by atoms with Gasteiger partial charge < -0.3 is 5.32 Å². The predicted octanol–water partition coefficient (Wildman–Crippen LogP) is 4.30. The molecule has 1 atom stereocenters. The zero-order chi connectivity index (χ0) is 14.5. The molecule has 1 N–H and O–H groups in total. The topological polar surface area (TPSA) is 29.1 Å². The maximum atomic E-state index is 13.9. The number of amides is 1. The standard InChI is InChI=1S/C15H12BrClFNO/c16-12-8-4-7-11(14(12)18)15(20)19-13(9-17)10-5-2-1-3-6-10/h1-8,13H,9H2,(H,19,20). The van der Waals surface area contributed by atoms with E-state index in [4.69, 9.17) is 11.6 Å². The second-order valence-corrected chi connectivity index (χ2v) is 5.36. The van der Waals surface area contributed by atoms with Gasteiger partial charge in [0.1, 0.15) is 5.82 Å². The molecule has 20 heavy (non-hydrogen) atoms. The van der Waals surface area contributed by atoms with Gasteiger partial charge in [-0.2, -0.15) is 0 Å². The van der Waals surface area contributed by atoms with Crippen LogP contribution in [0.25, 0.3) is 0 Å². The monoisotopic (exact) mass is 355 g/mol. The summed E-state index contributed by atoms with van der Waals surface area (Å²) in [5, 5.41) is 2.74. The van der Waals surface area contributed by atoms with E-state index in [0.717, 1.165) is 5.56 Å². The van der Waals surface area contributed by atoms with Crippen molar-refractivity contribution >= 4 is 33.4 Å². The minimum Gasteiger partial charge on any atom is -0.344 e. The van der Waals surface area contributed by atoms with Crippen LogP contribution in [-0.2, 0) is 0 Å². The van der Waals surface area contributed by atoms with Crippen molar-refractivity contribution in [1.82, 2.24) is 5.32 Å². The number of hydrogen-bond acceptors (Lipinski definition) is 1. The van der Waals surface area contributed by atoms with Gasteiger partial charge in [-0.05, 0) is 33.6 Å². The molecule has 0 spiro atoms. The van der Waals surface area contributed by atoms with Crippen LogP contribution in [0.5, 0.6) is 0 Å². The Hall–Kier alpha value is -1.39. The predicted molar refractivity (Wildman–Crippen MR) is 81.5 cm³/mol.